The first-order chi connectivity index (χ1) is 15.1. The molecule has 158 valence electrons. The molecule has 3 heterocycles. The highest BCUT2D eigenvalue weighted by Crippen LogP contribution is 2.37. The normalized spacial score (nSPS) is 17.1. The van der Waals surface area contributed by atoms with Crippen LogP contribution in [-0.2, 0) is 6.54 Å². The van der Waals surface area contributed by atoms with Crippen molar-refractivity contribution in [1.29, 1.82) is 0 Å². The highest BCUT2D eigenvalue weighted by atomic mass is 16.4. The maximum Gasteiger partial charge on any atom is 0.212 e. The minimum absolute atomic E-state index is 0.158. The van der Waals surface area contributed by atoms with E-state index in [1.807, 2.05) is 18.2 Å². The molecule has 1 saturated heterocycles. The molecular formula is C26H28N4O. The highest BCUT2D eigenvalue weighted by molar-refractivity contribution is 5.80. The van der Waals surface area contributed by atoms with Crippen molar-refractivity contribution in [1.82, 2.24) is 19.9 Å². The highest BCUT2D eigenvalue weighted by Gasteiger charge is 2.32. The molecule has 0 amide bonds. The van der Waals surface area contributed by atoms with E-state index in [-0.39, 0.29) is 12.0 Å². The first kappa shape index (κ1) is 19.9. The van der Waals surface area contributed by atoms with Crippen LogP contribution in [0.15, 0.2) is 59.0 Å². The summed E-state index contributed by atoms with van der Waals surface area (Å²) in [5.74, 6) is 2.92. The number of aromatic nitrogens is 3. The number of likely N-dealkylation sites (tertiary alicyclic amines) is 1. The summed E-state index contributed by atoms with van der Waals surface area (Å²) in [6.45, 7) is 8.09. The second-order valence-corrected chi connectivity index (χ2v) is 8.66. The van der Waals surface area contributed by atoms with Crippen LogP contribution in [0.1, 0.15) is 61.8 Å². The molecular weight excluding hydrogens is 384 g/mol. The predicted molar refractivity (Wildman–Crippen MR) is 123 cm³/mol. The van der Waals surface area contributed by atoms with Crippen molar-refractivity contribution < 1.29 is 4.42 Å². The number of hydrogen-bond acceptors (Lipinski definition) is 5. The third-order valence-corrected chi connectivity index (χ3v) is 6.07. The zero-order valence-electron chi connectivity index (χ0n) is 18.4. The maximum absolute atomic E-state index is 6.38. The number of benzene rings is 2. The van der Waals surface area contributed by atoms with Gasteiger partial charge in [-0.25, -0.2) is 15.0 Å². The van der Waals surface area contributed by atoms with E-state index in [2.05, 4.69) is 62.1 Å². The van der Waals surface area contributed by atoms with Crippen LogP contribution in [0.4, 0.5) is 0 Å². The zero-order chi connectivity index (χ0) is 21.4. The molecule has 0 unspecified atom stereocenters. The molecule has 1 atom stereocenters. The van der Waals surface area contributed by atoms with Crippen molar-refractivity contribution in [3.8, 4) is 11.3 Å². The van der Waals surface area contributed by atoms with Gasteiger partial charge < -0.3 is 4.42 Å². The molecule has 1 aliphatic heterocycles. The molecule has 0 spiro atoms. The lowest BCUT2D eigenvalue weighted by molar-refractivity contribution is 0.206. The van der Waals surface area contributed by atoms with Crippen molar-refractivity contribution >= 4 is 10.9 Å². The molecule has 0 radical (unpaired) electrons. The van der Waals surface area contributed by atoms with Crippen LogP contribution in [0, 0.1) is 6.92 Å². The second kappa shape index (κ2) is 8.23. The van der Waals surface area contributed by atoms with Gasteiger partial charge in [0.15, 0.2) is 0 Å². The number of nitrogens with zero attached hydrogens (tertiary/aromatic N) is 4. The first-order valence-corrected chi connectivity index (χ1v) is 11.1. The van der Waals surface area contributed by atoms with Crippen LogP contribution >= 0.6 is 0 Å². The number of para-hydroxylation sites is 1. The van der Waals surface area contributed by atoms with E-state index in [0.29, 0.717) is 6.54 Å². The molecule has 2 aromatic carbocycles. The van der Waals surface area contributed by atoms with Gasteiger partial charge in [0.05, 0.1) is 18.1 Å². The molecule has 0 N–H and O–H groups in total. The average Bonchev–Trinajstić information content (AvgIpc) is 3.41. The summed E-state index contributed by atoms with van der Waals surface area (Å²) in [5, 5.41) is 1.12. The fraction of sp³-hybridized carbons (Fsp3) is 0.346. The fourth-order valence-electron chi connectivity index (χ4n) is 4.53. The summed E-state index contributed by atoms with van der Waals surface area (Å²) in [6, 6.07) is 18.7. The molecule has 0 aliphatic carbocycles. The summed E-state index contributed by atoms with van der Waals surface area (Å²) in [5.41, 5.74) is 4.11. The summed E-state index contributed by atoms with van der Waals surface area (Å²) >= 11 is 0. The van der Waals surface area contributed by atoms with E-state index in [9.17, 15) is 0 Å². The Morgan fingerprint density at radius 1 is 1.00 bits per heavy atom. The smallest absolute Gasteiger partial charge is 0.212 e. The Morgan fingerprint density at radius 2 is 1.77 bits per heavy atom. The molecule has 31 heavy (non-hydrogen) atoms. The third kappa shape index (κ3) is 3.86. The molecule has 5 rings (SSSR count). The number of oxazole rings is 1. The maximum atomic E-state index is 6.38. The van der Waals surface area contributed by atoms with E-state index < -0.39 is 0 Å². The van der Waals surface area contributed by atoms with Crippen LogP contribution in [-0.4, -0.2) is 26.4 Å². The average molecular weight is 413 g/mol. The monoisotopic (exact) mass is 412 g/mol. The van der Waals surface area contributed by atoms with Crippen LogP contribution in [0.2, 0.25) is 0 Å². The van der Waals surface area contributed by atoms with Gasteiger partial charge in [0.2, 0.25) is 5.89 Å². The van der Waals surface area contributed by atoms with Gasteiger partial charge in [-0.05, 0) is 32.4 Å². The third-order valence-electron chi connectivity index (χ3n) is 6.07. The first-order valence-electron chi connectivity index (χ1n) is 11.1. The van der Waals surface area contributed by atoms with Crippen molar-refractivity contribution in [2.24, 2.45) is 0 Å². The zero-order valence-corrected chi connectivity index (χ0v) is 18.4. The van der Waals surface area contributed by atoms with Gasteiger partial charge in [-0.15, -0.1) is 0 Å². The minimum atomic E-state index is 0.158. The van der Waals surface area contributed by atoms with E-state index in [0.717, 1.165) is 64.7 Å². The molecule has 2 aromatic heterocycles. The van der Waals surface area contributed by atoms with Crippen molar-refractivity contribution in [3.05, 3.63) is 77.8 Å². The van der Waals surface area contributed by atoms with Gasteiger partial charge in [-0.2, -0.15) is 0 Å². The minimum Gasteiger partial charge on any atom is -0.443 e. The predicted octanol–water partition coefficient (Wildman–Crippen LogP) is 6.05. The lowest BCUT2D eigenvalue weighted by atomic mass is 10.0. The molecule has 1 aliphatic rings. The Balaban J connectivity index is 1.46. The molecule has 5 heteroatoms. The second-order valence-electron chi connectivity index (χ2n) is 8.66. The molecule has 0 saturated carbocycles. The number of hydrogen-bond donors (Lipinski definition) is 0. The standard InChI is InChI=1S/C26H28N4O/c1-17(2)25-24(19-10-5-4-6-11-19)29-26(31-25)22-14-9-15-30(22)16-23-27-18(3)20-12-7-8-13-21(20)28-23/h4-8,10-13,17,22H,9,14-16H2,1-3H3/t22-/m0/s1. The van der Waals surface area contributed by atoms with E-state index in [4.69, 9.17) is 19.4 Å². The van der Waals surface area contributed by atoms with Gasteiger partial charge in [-0.1, -0.05) is 62.4 Å². The quantitative estimate of drug-likeness (QED) is 0.399. The van der Waals surface area contributed by atoms with E-state index in [1.54, 1.807) is 0 Å². The van der Waals surface area contributed by atoms with Crippen molar-refractivity contribution in [3.63, 3.8) is 0 Å². The van der Waals surface area contributed by atoms with Gasteiger partial charge in [0, 0.05) is 22.6 Å². The molecule has 4 aromatic rings. The Kier molecular flexibility index (Phi) is 5.28. The number of aryl methyl sites for hydroxylation is 1. The van der Waals surface area contributed by atoms with Gasteiger partial charge in [0.1, 0.15) is 17.3 Å². The summed E-state index contributed by atoms with van der Waals surface area (Å²) in [7, 11) is 0. The van der Waals surface area contributed by atoms with E-state index >= 15 is 0 Å². The van der Waals surface area contributed by atoms with Crippen LogP contribution < -0.4 is 0 Å². The summed E-state index contributed by atoms with van der Waals surface area (Å²) in [4.78, 5) is 17.0. The summed E-state index contributed by atoms with van der Waals surface area (Å²) in [6.07, 6.45) is 2.16. The lowest BCUT2D eigenvalue weighted by Crippen LogP contribution is -2.24. The van der Waals surface area contributed by atoms with Gasteiger partial charge in [-0.3, -0.25) is 4.90 Å². The number of fused-ring (bicyclic) bond motifs is 1. The molecule has 1 fully saturated rings. The van der Waals surface area contributed by atoms with Crippen LogP contribution in [0.3, 0.4) is 0 Å². The topological polar surface area (TPSA) is 55.1 Å². The summed E-state index contributed by atoms with van der Waals surface area (Å²) < 4.78 is 6.38. The fourth-order valence-corrected chi connectivity index (χ4v) is 4.53. The van der Waals surface area contributed by atoms with Crippen LogP contribution in [0.25, 0.3) is 22.2 Å². The van der Waals surface area contributed by atoms with Crippen LogP contribution in [0.5, 0.6) is 0 Å². The lowest BCUT2D eigenvalue weighted by Gasteiger charge is -2.21. The van der Waals surface area contributed by atoms with Crippen molar-refractivity contribution in [2.75, 3.05) is 6.54 Å². The van der Waals surface area contributed by atoms with Gasteiger partial charge >= 0.3 is 0 Å². The largest absolute Gasteiger partial charge is 0.443 e. The van der Waals surface area contributed by atoms with Gasteiger partial charge in [0.25, 0.3) is 0 Å². The Labute approximate surface area is 183 Å². The Hall–Kier alpha value is -3.05. The van der Waals surface area contributed by atoms with E-state index in [1.165, 1.54) is 0 Å². The Bertz CT molecular complexity index is 1200. The van der Waals surface area contributed by atoms with Crippen molar-refractivity contribution in [2.45, 2.75) is 52.1 Å². The molecule has 5 nitrogen and oxygen atoms in total. The Morgan fingerprint density at radius 3 is 2.58 bits per heavy atom. The number of rotatable bonds is 5. The SMILES string of the molecule is Cc1nc(CN2CCC[C@H]2c2nc(-c3ccccc3)c(C(C)C)o2)nc2ccccc12. The molecule has 0 bridgehead atoms.